The first-order valence-corrected chi connectivity index (χ1v) is 3.70. The Labute approximate surface area is 74.4 Å². The number of nitrogens with zero attached hydrogens (tertiary/aromatic N) is 1. The zero-order valence-electron chi connectivity index (χ0n) is 7.68. The maximum Gasteiger partial charge on any atom is 0.408 e. The Balaban J connectivity index is 4.27. The van der Waals surface area contributed by atoms with Crippen LogP contribution in [-0.2, 0) is 9.63 Å². The molecule has 0 heterocycles. The molecule has 0 aliphatic carbocycles. The average Bonchev–Trinajstić information content (AvgIpc) is 1.97. The maximum atomic E-state index is 11.8. The van der Waals surface area contributed by atoms with Gasteiger partial charge < -0.3 is 0 Å². The van der Waals surface area contributed by atoms with Crippen molar-refractivity contribution in [3.8, 4) is 0 Å². The lowest BCUT2D eigenvalue weighted by atomic mass is 10.2. The van der Waals surface area contributed by atoms with Crippen LogP contribution in [0.4, 0.5) is 13.2 Å². The van der Waals surface area contributed by atoms with E-state index in [4.69, 9.17) is 0 Å². The Morgan fingerprint density at radius 2 is 1.92 bits per heavy atom. The van der Waals surface area contributed by atoms with Crippen LogP contribution >= 0.6 is 0 Å². The third kappa shape index (κ3) is 4.72. The first kappa shape index (κ1) is 12.2. The molecule has 0 radical (unpaired) electrons. The van der Waals surface area contributed by atoms with Gasteiger partial charge in [-0.1, -0.05) is 13.8 Å². The smallest absolute Gasteiger partial charge is 0.274 e. The monoisotopic (exact) mass is 199 g/mol. The fraction of sp³-hybridized carbons (Fsp3) is 0.857. The summed E-state index contributed by atoms with van der Waals surface area (Å²) in [5.74, 6) is -1.19. The number of carbonyl (C=O) groups is 1. The van der Waals surface area contributed by atoms with Crippen molar-refractivity contribution in [2.24, 2.45) is 5.92 Å². The van der Waals surface area contributed by atoms with E-state index in [1.54, 1.807) is 0 Å². The first-order chi connectivity index (χ1) is 5.78. The molecule has 0 spiro atoms. The predicted octanol–water partition coefficient (Wildman–Crippen LogP) is 1.59. The summed E-state index contributed by atoms with van der Waals surface area (Å²) in [6, 6.07) is 0. The van der Waals surface area contributed by atoms with Crippen LogP contribution in [0.5, 0.6) is 0 Å². The quantitative estimate of drug-likeness (QED) is 0.646. The van der Waals surface area contributed by atoms with Gasteiger partial charge in [-0.15, -0.1) is 0 Å². The number of carbonyl (C=O) groups excluding carboxylic acids is 1. The topological polar surface area (TPSA) is 29.5 Å². The van der Waals surface area contributed by atoms with Crippen LogP contribution in [0.3, 0.4) is 0 Å². The van der Waals surface area contributed by atoms with Gasteiger partial charge in [0.1, 0.15) is 6.54 Å². The number of halogens is 3. The summed E-state index contributed by atoms with van der Waals surface area (Å²) < 4.78 is 35.5. The van der Waals surface area contributed by atoms with Gasteiger partial charge >= 0.3 is 6.18 Å². The van der Waals surface area contributed by atoms with Crippen molar-refractivity contribution in [2.75, 3.05) is 13.7 Å². The molecule has 0 aromatic carbocycles. The molecule has 0 atom stereocenters. The van der Waals surface area contributed by atoms with Crippen LogP contribution in [0.1, 0.15) is 13.8 Å². The molecular formula is C7H12F3NO2. The number of amides is 1. The highest BCUT2D eigenvalue weighted by molar-refractivity contribution is 5.77. The van der Waals surface area contributed by atoms with Gasteiger partial charge in [0, 0.05) is 5.92 Å². The van der Waals surface area contributed by atoms with Gasteiger partial charge in [-0.3, -0.25) is 9.63 Å². The molecule has 0 aliphatic rings. The minimum absolute atomic E-state index is 0.310. The van der Waals surface area contributed by atoms with E-state index in [9.17, 15) is 18.0 Å². The van der Waals surface area contributed by atoms with Gasteiger partial charge in [-0.2, -0.15) is 13.2 Å². The van der Waals surface area contributed by atoms with Gasteiger partial charge in [0.2, 0.25) is 5.91 Å². The average molecular weight is 199 g/mol. The molecule has 0 saturated carbocycles. The van der Waals surface area contributed by atoms with Crippen LogP contribution < -0.4 is 0 Å². The van der Waals surface area contributed by atoms with E-state index in [0.717, 1.165) is 7.11 Å². The Morgan fingerprint density at radius 1 is 1.46 bits per heavy atom. The summed E-state index contributed by atoms with van der Waals surface area (Å²) >= 11 is 0. The summed E-state index contributed by atoms with van der Waals surface area (Å²) in [6.07, 6.45) is -4.43. The number of hydrogen-bond donors (Lipinski definition) is 0. The number of hydrogen-bond acceptors (Lipinski definition) is 2. The number of rotatable bonds is 3. The van der Waals surface area contributed by atoms with Gasteiger partial charge in [0.15, 0.2) is 0 Å². The lowest BCUT2D eigenvalue weighted by molar-refractivity contribution is -0.225. The molecule has 0 unspecified atom stereocenters. The Hall–Kier alpha value is -0.780. The molecule has 6 heteroatoms. The van der Waals surface area contributed by atoms with E-state index in [0.29, 0.717) is 5.06 Å². The molecule has 0 aromatic rings. The Morgan fingerprint density at radius 3 is 2.15 bits per heavy atom. The largest absolute Gasteiger partial charge is 0.408 e. The van der Waals surface area contributed by atoms with E-state index < -0.39 is 24.5 Å². The van der Waals surface area contributed by atoms with E-state index in [2.05, 4.69) is 4.84 Å². The molecule has 0 bridgehead atoms. The molecular weight excluding hydrogens is 187 g/mol. The van der Waals surface area contributed by atoms with Crippen LogP contribution in [0, 0.1) is 5.92 Å². The van der Waals surface area contributed by atoms with Gasteiger partial charge in [0.05, 0.1) is 7.11 Å². The van der Waals surface area contributed by atoms with E-state index in [1.165, 1.54) is 13.8 Å². The molecule has 0 fully saturated rings. The maximum absolute atomic E-state index is 11.8. The first-order valence-electron chi connectivity index (χ1n) is 3.70. The molecule has 13 heavy (non-hydrogen) atoms. The van der Waals surface area contributed by atoms with Crippen LogP contribution in [0.15, 0.2) is 0 Å². The van der Waals surface area contributed by atoms with Crippen LogP contribution in [0.25, 0.3) is 0 Å². The molecule has 78 valence electrons. The lowest BCUT2D eigenvalue weighted by Crippen LogP contribution is -2.40. The third-order valence-corrected chi connectivity index (χ3v) is 1.28. The van der Waals surface area contributed by atoms with Gasteiger partial charge in [-0.25, -0.2) is 5.06 Å². The van der Waals surface area contributed by atoms with Crippen molar-refractivity contribution in [1.29, 1.82) is 0 Å². The summed E-state index contributed by atoms with van der Waals surface area (Å²) in [7, 11) is 1.03. The highest BCUT2D eigenvalue weighted by atomic mass is 19.4. The minimum atomic E-state index is -4.43. The van der Waals surface area contributed by atoms with Gasteiger partial charge in [-0.05, 0) is 0 Å². The Bertz CT molecular complexity index is 179. The molecule has 0 rings (SSSR count). The zero-order valence-corrected chi connectivity index (χ0v) is 7.68. The second-order valence-electron chi connectivity index (χ2n) is 2.83. The molecule has 0 N–H and O–H groups in total. The van der Waals surface area contributed by atoms with E-state index in [-0.39, 0.29) is 0 Å². The third-order valence-electron chi connectivity index (χ3n) is 1.28. The van der Waals surface area contributed by atoms with E-state index in [1.807, 2.05) is 0 Å². The van der Waals surface area contributed by atoms with Crippen molar-refractivity contribution < 1.29 is 22.8 Å². The van der Waals surface area contributed by atoms with Crippen molar-refractivity contribution in [1.82, 2.24) is 5.06 Å². The minimum Gasteiger partial charge on any atom is -0.274 e. The molecule has 1 amide bonds. The SMILES string of the molecule is CON(CC(F)(F)F)C(=O)C(C)C. The highest BCUT2D eigenvalue weighted by Crippen LogP contribution is 2.17. The standard InChI is InChI=1S/C7H12F3NO2/c1-5(2)6(12)11(13-3)4-7(8,9)10/h5H,4H2,1-3H3. The lowest BCUT2D eigenvalue weighted by Gasteiger charge is -2.22. The highest BCUT2D eigenvalue weighted by Gasteiger charge is 2.34. The molecule has 0 aliphatic heterocycles. The fourth-order valence-electron chi connectivity index (χ4n) is 0.683. The summed E-state index contributed by atoms with van der Waals surface area (Å²) in [5, 5.41) is 0.310. The molecule has 0 aromatic heterocycles. The van der Waals surface area contributed by atoms with Gasteiger partial charge in [0.25, 0.3) is 0 Å². The van der Waals surface area contributed by atoms with Crippen molar-refractivity contribution in [3.05, 3.63) is 0 Å². The number of hydroxylamine groups is 2. The molecule has 0 saturated heterocycles. The predicted molar refractivity (Wildman–Crippen MR) is 39.6 cm³/mol. The van der Waals surface area contributed by atoms with Crippen molar-refractivity contribution >= 4 is 5.91 Å². The molecule has 3 nitrogen and oxygen atoms in total. The van der Waals surface area contributed by atoms with Crippen LogP contribution in [0.2, 0.25) is 0 Å². The van der Waals surface area contributed by atoms with Crippen molar-refractivity contribution in [3.63, 3.8) is 0 Å². The van der Waals surface area contributed by atoms with E-state index >= 15 is 0 Å². The zero-order chi connectivity index (χ0) is 10.6. The summed E-state index contributed by atoms with van der Waals surface area (Å²) in [4.78, 5) is 15.4. The second kappa shape index (κ2) is 4.45. The van der Waals surface area contributed by atoms with Crippen LogP contribution in [-0.4, -0.2) is 30.8 Å². The summed E-state index contributed by atoms with van der Waals surface area (Å²) in [5.41, 5.74) is 0. The number of alkyl halides is 3. The normalized spacial score (nSPS) is 11.9. The fourth-order valence-corrected chi connectivity index (χ4v) is 0.683. The Kier molecular flexibility index (Phi) is 4.19. The second-order valence-corrected chi connectivity index (χ2v) is 2.83. The summed E-state index contributed by atoms with van der Waals surface area (Å²) in [6.45, 7) is 1.63. The van der Waals surface area contributed by atoms with Crippen molar-refractivity contribution in [2.45, 2.75) is 20.0 Å².